The summed E-state index contributed by atoms with van der Waals surface area (Å²) in [5, 5.41) is 2.89. The molecule has 0 radical (unpaired) electrons. The van der Waals surface area contributed by atoms with Crippen LogP contribution in [0.4, 0.5) is 11.4 Å². The van der Waals surface area contributed by atoms with Crippen molar-refractivity contribution in [1.82, 2.24) is 4.90 Å². The third-order valence-electron chi connectivity index (χ3n) is 3.48. The number of carbonyl (C=O) groups excluding carboxylic acids is 1. The van der Waals surface area contributed by atoms with Crippen LogP contribution in [-0.2, 0) is 11.3 Å². The Bertz CT molecular complexity index is 611. The van der Waals surface area contributed by atoms with Crippen LogP contribution < -0.4 is 11.1 Å². The normalized spacial score (nSPS) is 10.9. The van der Waals surface area contributed by atoms with Gasteiger partial charge in [-0.3, -0.25) is 9.69 Å². The van der Waals surface area contributed by atoms with Gasteiger partial charge in [-0.05, 0) is 37.6 Å². The van der Waals surface area contributed by atoms with E-state index in [1.807, 2.05) is 30.3 Å². The number of nitrogens with two attached hydrogens (primary N) is 1. The van der Waals surface area contributed by atoms with Crippen molar-refractivity contribution in [2.75, 3.05) is 17.6 Å². The highest BCUT2D eigenvalue weighted by atomic mass is 16.2. The van der Waals surface area contributed by atoms with Crippen molar-refractivity contribution in [1.29, 1.82) is 0 Å². The molecule has 0 bridgehead atoms. The maximum Gasteiger partial charge on any atom is 0.238 e. The van der Waals surface area contributed by atoms with Gasteiger partial charge in [0, 0.05) is 24.0 Å². The van der Waals surface area contributed by atoms with Crippen LogP contribution in [0.3, 0.4) is 0 Å². The molecule has 0 spiro atoms. The molecule has 2 aromatic rings. The molecule has 0 saturated carbocycles. The van der Waals surface area contributed by atoms with Crippen molar-refractivity contribution in [2.24, 2.45) is 0 Å². The molecule has 2 rings (SSSR count). The Kier molecular flexibility index (Phi) is 5.55. The average Bonchev–Trinajstić information content (AvgIpc) is 2.47. The average molecular weight is 297 g/mol. The van der Waals surface area contributed by atoms with Gasteiger partial charge in [-0.25, -0.2) is 0 Å². The summed E-state index contributed by atoms with van der Waals surface area (Å²) in [7, 11) is 0. The second-order valence-electron chi connectivity index (χ2n) is 5.66. The SMILES string of the molecule is CC(C)N(CC(=O)Nc1cccc(N)c1)Cc1ccccc1. The van der Waals surface area contributed by atoms with E-state index in [9.17, 15) is 4.79 Å². The molecule has 0 heterocycles. The van der Waals surface area contributed by atoms with Crippen LogP contribution in [-0.4, -0.2) is 23.4 Å². The summed E-state index contributed by atoms with van der Waals surface area (Å²) >= 11 is 0. The fraction of sp³-hybridized carbons (Fsp3) is 0.278. The number of benzene rings is 2. The minimum absolute atomic E-state index is 0.0322. The minimum atomic E-state index is -0.0322. The van der Waals surface area contributed by atoms with E-state index in [1.165, 1.54) is 5.56 Å². The van der Waals surface area contributed by atoms with Gasteiger partial charge in [0.15, 0.2) is 0 Å². The van der Waals surface area contributed by atoms with E-state index < -0.39 is 0 Å². The van der Waals surface area contributed by atoms with Crippen molar-refractivity contribution in [3.05, 3.63) is 60.2 Å². The molecule has 0 fully saturated rings. The Morgan fingerprint density at radius 2 is 1.86 bits per heavy atom. The number of anilines is 2. The van der Waals surface area contributed by atoms with E-state index in [4.69, 9.17) is 5.73 Å². The monoisotopic (exact) mass is 297 g/mol. The first kappa shape index (κ1) is 16.0. The Labute approximate surface area is 131 Å². The molecule has 3 N–H and O–H groups in total. The second kappa shape index (κ2) is 7.61. The van der Waals surface area contributed by atoms with E-state index in [2.05, 4.69) is 36.2 Å². The van der Waals surface area contributed by atoms with E-state index in [0.717, 1.165) is 12.2 Å². The number of rotatable bonds is 6. The van der Waals surface area contributed by atoms with E-state index in [-0.39, 0.29) is 11.9 Å². The smallest absolute Gasteiger partial charge is 0.238 e. The van der Waals surface area contributed by atoms with Gasteiger partial charge in [-0.15, -0.1) is 0 Å². The van der Waals surface area contributed by atoms with Gasteiger partial charge in [-0.1, -0.05) is 36.4 Å². The zero-order chi connectivity index (χ0) is 15.9. The molecular formula is C18H23N3O. The molecule has 4 nitrogen and oxygen atoms in total. The summed E-state index contributed by atoms with van der Waals surface area (Å²) in [5.74, 6) is -0.0322. The number of hydrogen-bond donors (Lipinski definition) is 2. The van der Waals surface area contributed by atoms with Gasteiger partial charge in [0.2, 0.25) is 5.91 Å². The summed E-state index contributed by atoms with van der Waals surface area (Å²) < 4.78 is 0. The first-order valence-corrected chi connectivity index (χ1v) is 7.48. The zero-order valence-corrected chi connectivity index (χ0v) is 13.1. The minimum Gasteiger partial charge on any atom is -0.399 e. The summed E-state index contributed by atoms with van der Waals surface area (Å²) in [4.78, 5) is 14.4. The highest BCUT2D eigenvalue weighted by Crippen LogP contribution is 2.13. The fourth-order valence-electron chi connectivity index (χ4n) is 2.24. The lowest BCUT2D eigenvalue weighted by Crippen LogP contribution is -2.37. The van der Waals surface area contributed by atoms with Crippen LogP contribution in [0.25, 0.3) is 0 Å². The molecule has 0 unspecified atom stereocenters. The zero-order valence-electron chi connectivity index (χ0n) is 13.1. The van der Waals surface area contributed by atoms with Crippen LogP contribution in [0.15, 0.2) is 54.6 Å². The number of carbonyl (C=O) groups is 1. The predicted molar refractivity (Wildman–Crippen MR) is 91.5 cm³/mol. The van der Waals surface area contributed by atoms with E-state index in [1.54, 1.807) is 12.1 Å². The second-order valence-corrected chi connectivity index (χ2v) is 5.66. The van der Waals surface area contributed by atoms with Gasteiger partial charge in [0.1, 0.15) is 0 Å². The lowest BCUT2D eigenvalue weighted by Gasteiger charge is -2.26. The summed E-state index contributed by atoms with van der Waals surface area (Å²) in [6.45, 7) is 5.29. The van der Waals surface area contributed by atoms with Gasteiger partial charge < -0.3 is 11.1 Å². The molecule has 4 heteroatoms. The lowest BCUT2D eigenvalue weighted by molar-refractivity contribution is -0.117. The first-order chi connectivity index (χ1) is 10.5. The first-order valence-electron chi connectivity index (χ1n) is 7.48. The Morgan fingerprint density at radius 3 is 2.50 bits per heavy atom. The van der Waals surface area contributed by atoms with E-state index in [0.29, 0.717) is 12.2 Å². The molecule has 1 amide bonds. The Hall–Kier alpha value is -2.33. The third kappa shape index (κ3) is 4.90. The van der Waals surface area contributed by atoms with Crippen LogP contribution in [0, 0.1) is 0 Å². The van der Waals surface area contributed by atoms with Gasteiger partial charge >= 0.3 is 0 Å². The van der Waals surface area contributed by atoms with Gasteiger partial charge in [0.25, 0.3) is 0 Å². The highest BCUT2D eigenvalue weighted by Gasteiger charge is 2.14. The molecular weight excluding hydrogens is 274 g/mol. The number of hydrogen-bond acceptors (Lipinski definition) is 3. The number of amides is 1. The molecule has 0 aromatic heterocycles. The largest absolute Gasteiger partial charge is 0.399 e. The Morgan fingerprint density at radius 1 is 1.14 bits per heavy atom. The van der Waals surface area contributed by atoms with Gasteiger partial charge in [0.05, 0.1) is 6.54 Å². The maximum atomic E-state index is 12.2. The number of nitrogen functional groups attached to an aromatic ring is 1. The van der Waals surface area contributed by atoms with Crippen molar-refractivity contribution < 1.29 is 4.79 Å². The molecule has 0 atom stereocenters. The predicted octanol–water partition coefficient (Wildman–Crippen LogP) is 3.12. The topological polar surface area (TPSA) is 58.4 Å². The summed E-state index contributed by atoms with van der Waals surface area (Å²) in [5.41, 5.74) is 8.30. The molecule has 0 aliphatic carbocycles. The van der Waals surface area contributed by atoms with Crippen LogP contribution in [0.5, 0.6) is 0 Å². The van der Waals surface area contributed by atoms with Gasteiger partial charge in [-0.2, -0.15) is 0 Å². The van der Waals surface area contributed by atoms with Crippen molar-refractivity contribution in [3.8, 4) is 0 Å². The summed E-state index contributed by atoms with van der Waals surface area (Å²) in [6, 6.07) is 17.7. The summed E-state index contributed by atoms with van der Waals surface area (Å²) in [6.07, 6.45) is 0. The standard InChI is InChI=1S/C18H23N3O/c1-14(2)21(12-15-7-4-3-5-8-15)13-18(22)20-17-10-6-9-16(19)11-17/h3-11,14H,12-13,19H2,1-2H3,(H,20,22). The number of nitrogens with zero attached hydrogens (tertiary/aromatic N) is 1. The third-order valence-corrected chi connectivity index (χ3v) is 3.48. The molecule has 0 saturated heterocycles. The molecule has 0 aliphatic heterocycles. The molecule has 0 aliphatic rings. The van der Waals surface area contributed by atoms with Crippen LogP contribution >= 0.6 is 0 Å². The molecule has 116 valence electrons. The number of nitrogens with one attached hydrogen (secondary N) is 1. The lowest BCUT2D eigenvalue weighted by atomic mass is 10.2. The van der Waals surface area contributed by atoms with Crippen molar-refractivity contribution >= 4 is 17.3 Å². The van der Waals surface area contributed by atoms with Crippen molar-refractivity contribution in [3.63, 3.8) is 0 Å². The fourth-order valence-corrected chi connectivity index (χ4v) is 2.24. The van der Waals surface area contributed by atoms with Crippen LogP contribution in [0.2, 0.25) is 0 Å². The Balaban J connectivity index is 1.97. The highest BCUT2D eigenvalue weighted by molar-refractivity contribution is 5.92. The van der Waals surface area contributed by atoms with Crippen LogP contribution in [0.1, 0.15) is 19.4 Å². The van der Waals surface area contributed by atoms with E-state index >= 15 is 0 Å². The van der Waals surface area contributed by atoms with Crippen molar-refractivity contribution in [2.45, 2.75) is 26.4 Å². The molecule has 2 aromatic carbocycles. The quantitative estimate of drug-likeness (QED) is 0.805. The molecule has 22 heavy (non-hydrogen) atoms. The maximum absolute atomic E-state index is 12.2.